The quantitative estimate of drug-likeness (QED) is 0.306. The van der Waals surface area contributed by atoms with Gasteiger partial charge in [-0.05, 0) is 26.2 Å². The second-order valence-corrected chi connectivity index (χ2v) is 3.94. The third kappa shape index (κ3) is 4.26. The number of unbranched alkanes of at least 4 members (excludes halogenated alkanes) is 1. The van der Waals surface area contributed by atoms with Crippen molar-refractivity contribution in [2.45, 2.75) is 32.2 Å². The molecule has 0 saturated carbocycles. The number of amides is 2. The molecule has 1 unspecified atom stereocenters. The van der Waals surface area contributed by atoms with E-state index < -0.39 is 18.1 Å². The van der Waals surface area contributed by atoms with Crippen LogP contribution in [-0.2, 0) is 14.3 Å². The number of rotatable bonds is 6. The number of carbonyl (C=O) groups excluding carboxylic acids is 3. The maximum absolute atomic E-state index is 11.1. The Balaban J connectivity index is 2.09. The van der Waals surface area contributed by atoms with E-state index in [1.165, 1.54) is 0 Å². The summed E-state index contributed by atoms with van der Waals surface area (Å²) in [5.41, 5.74) is 0.469. The molecule has 0 aliphatic carbocycles. The lowest BCUT2D eigenvalue weighted by Gasteiger charge is -2.06. The molecule has 1 aliphatic rings. The molecule has 0 aromatic rings. The molecule has 17 heavy (non-hydrogen) atoms. The predicted molar refractivity (Wildman–Crippen MR) is 60.1 cm³/mol. The van der Waals surface area contributed by atoms with Crippen molar-refractivity contribution >= 4 is 18.0 Å². The van der Waals surface area contributed by atoms with Crippen LogP contribution in [0.4, 0.5) is 4.79 Å². The van der Waals surface area contributed by atoms with Gasteiger partial charge in [-0.15, -0.1) is 0 Å². The van der Waals surface area contributed by atoms with Crippen LogP contribution in [0.25, 0.3) is 0 Å². The second-order valence-electron chi connectivity index (χ2n) is 3.94. The molecule has 1 saturated heterocycles. The average molecular weight is 240 g/mol. The fourth-order valence-corrected chi connectivity index (χ4v) is 1.41. The van der Waals surface area contributed by atoms with E-state index in [2.05, 4.69) is 21.9 Å². The smallest absolute Gasteiger partial charge is 0.375 e. The normalized spacial score (nSPS) is 18.5. The highest BCUT2D eigenvalue weighted by molar-refractivity contribution is 5.95. The van der Waals surface area contributed by atoms with Gasteiger partial charge >= 0.3 is 12.1 Å². The number of nitrogens with one attached hydrogen (secondary N) is 2. The Labute approximate surface area is 99.4 Å². The van der Waals surface area contributed by atoms with Crippen molar-refractivity contribution in [3.8, 4) is 0 Å². The predicted octanol–water partition coefficient (Wildman–Crippen LogP) is 0.484. The largest absolute Gasteiger partial charge is 0.415 e. The van der Waals surface area contributed by atoms with E-state index >= 15 is 0 Å². The van der Waals surface area contributed by atoms with Crippen molar-refractivity contribution < 1.29 is 19.1 Å². The molecule has 1 rings (SSSR count). The summed E-state index contributed by atoms with van der Waals surface area (Å²) in [5, 5.41) is 5.09. The van der Waals surface area contributed by atoms with E-state index in [-0.39, 0.29) is 5.91 Å². The van der Waals surface area contributed by atoms with Crippen LogP contribution in [0.2, 0.25) is 0 Å². The Morgan fingerprint density at radius 2 is 2.18 bits per heavy atom. The lowest BCUT2D eigenvalue weighted by atomic mass is 10.1. The standard InChI is InChI=1S/C11H16N2O4/c1-7(2)9(14)12-6-4-3-5-8-10(15)17-11(16)13-8/h8H,1,3-6H2,2H3,(H,12,14)(H,13,16). The van der Waals surface area contributed by atoms with Gasteiger partial charge in [0.15, 0.2) is 0 Å². The van der Waals surface area contributed by atoms with E-state index in [1.807, 2.05) is 0 Å². The van der Waals surface area contributed by atoms with Gasteiger partial charge in [-0.1, -0.05) is 6.58 Å². The summed E-state index contributed by atoms with van der Waals surface area (Å²) in [7, 11) is 0. The molecule has 0 aromatic carbocycles. The van der Waals surface area contributed by atoms with Crippen molar-refractivity contribution in [2.75, 3.05) is 6.54 Å². The highest BCUT2D eigenvalue weighted by atomic mass is 16.6. The molecular weight excluding hydrogens is 224 g/mol. The first kappa shape index (κ1) is 13.2. The Hall–Kier alpha value is -1.85. The molecular formula is C11H16N2O4. The monoisotopic (exact) mass is 240 g/mol. The molecule has 1 aliphatic heterocycles. The number of hydrogen-bond donors (Lipinski definition) is 2. The maximum Gasteiger partial charge on any atom is 0.415 e. The molecule has 6 heteroatoms. The Bertz CT molecular complexity index is 351. The van der Waals surface area contributed by atoms with Crippen LogP contribution in [-0.4, -0.2) is 30.6 Å². The van der Waals surface area contributed by atoms with Crippen molar-refractivity contribution in [2.24, 2.45) is 0 Å². The van der Waals surface area contributed by atoms with E-state index in [4.69, 9.17) is 0 Å². The summed E-state index contributed by atoms with van der Waals surface area (Å²) in [6, 6.07) is -0.542. The Morgan fingerprint density at radius 3 is 2.71 bits per heavy atom. The van der Waals surface area contributed by atoms with Crippen molar-refractivity contribution in [3.63, 3.8) is 0 Å². The third-order valence-corrected chi connectivity index (χ3v) is 2.36. The molecule has 1 atom stereocenters. The lowest BCUT2D eigenvalue weighted by molar-refractivity contribution is -0.135. The Kier molecular flexibility index (Phi) is 4.68. The first-order chi connectivity index (χ1) is 8.00. The number of ether oxygens (including phenoxy) is 1. The molecule has 2 N–H and O–H groups in total. The van der Waals surface area contributed by atoms with Gasteiger partial charge in [0.2, 0.25) is 5.91 Å². The van der Waals surface area contributed by atoms with Gasteiger partial charge in [0, 0.05) is 12.1 Å². The molecule has 0 aromatic heterocycles. The molecule has 2 amide bonds. The van der Waals surface area contributed by atoms with E-state index in [0.717, 1.165) is 12.8 Å². The second kappa shape index (κ2) is 6.03. The fraction of sp³-hybridized carbons (Fsp3) is 0.545. The van der Waals surface area contributed by atoms with Crippen LogP contribution in [0.3, 0.4) is 0 Å². The first-order valence-corrected chi connectivity index (χ1v) is 5.46. The van der Waals surface area contributed by atoms with Crippen LogP contribution in [0, 0.1) is 0 Å². The minimum atomic E-state index is -0.685. The number of esters is 1. The molecule has 6 nitrogen and oxygen atoms in total. The van der Waals surface area contributed by atoms with Crippen molar-refractivity contribution in [1.82, 2.24) is 10.6 Å². The number of carbonyl (C=O) groups is 3. The molecule has 1 fully saturated rings. The van der Waals surface area contributed by atoms with E-state index in [0.29, 0.717) is 18.5 Å². The summed E-state index contributed by atoms with van der Waals surface area (Å²) < 4.78 is 4.33. The average Bonchev–Trinajstić information content (AvgIpc) is 2.56. The molecule has 1 heterocycles. The number of cyclic esters (lactones) is 2. The van der Waals surface area contributed by atoms with Gasteiger partial charge in [0.25, 0.3) is 0 Å². The third-order valence-electron chi connectivity index (χ3n) is 2.36. The molecule has 0 radical (unpaired) electrons. The van der Waals surface area contributed by atoms with Crippen LogP contribution in [0.5, 0.6) is 0 Å². The van der Waals surface area contributed by atoms with Gasteiger partial charge < -0.3 is 15.4 Å². The van der Waals surface area contributed by atoms with Crippen LogP contribution in [0.15, 0.2) is 12.2 Å². The summed E-state index contributed by atoms with van der Waals surface area (Å²) in [6.45, 7) is 5.68. The summed E-state index contributed by atoms with van der Waals surface area (Å²) in [5.74, 6) is -0.695. The summed E-state index contributed by atoms with van der Waals surface area (Å²) >= 11 is 0. The molecule has 0 spiro atoms. The maximum atomic E-state index is 11.1. The van der Waals surface area contributed by atoms with Crippen molar-refractivity contribution in [1.29, 1.82) is 0 Å². The lowest BCUT2D eigenvalue weighted by Crippen LogP contribution is -2.29. The number of hydrogen-bond acceptors (Lipinski definition) is 4. The van der Waals surface area contributed by atoms with Crippen molar-refractivity contribution in [3.05, 3.63) is 12.2 Å². The highest BCUT2D eigenvalue weighted by Crippen LogP contribution is 2.08. The van der Waals surface area contributed by atoms with Gasteiger partial charge in [-0.25, -0.2) is 9.59 Å². The number of alkyl carbamates (subject to hydrolysis) is 1. The van der Waals surface area contributed by atoms with Crippen LogP contribution < -0.4 is 10.6 Å². The zero-order valence-corrected chi connectivity index (χ0v) is 9.75. The minimum absolute atomic E-state index is 0.168. The minimum Gasteiger partial charge on any atom is -0.375 e. The summed E-state index contributed by atoms with van der Waals surface area (Å²) in [4.78, 5) is 32.9. The Morgan fingerprint density at radius 1 is 1.47 bits per heavy atom. The van der Waals surface area contributed by atoms with Gasteiger partial charge in [-0.3, -0.25) is 4.79 Å². The highest BCUT2D eigenvalue weighted by Gasteiger charge is 2.31. The van der Waals surface area contributed by atoms with Gasteiger partial charge in [0.1, 0.15) is 6.04 Å². The zero-order valence-electron chi connectivity index (χ0n) is 9.75. The first-order valence-electron chi connectivity index (χ1n) is 5.46. The van der Waals surface area contributed by atoms with Crippen LogP contribution >= 0.6 is 0 Å². The molecule has 94 valence electrons. The zero-order chi connectivity index (χ0) is 12.8. The SMILES string of the molecule is C=C(C)C(=O)NCCCCC1NC(=O)OC1=O. The van der Waals surface area contributed by atoms with E-state index in [9.17, 15) is 14.4 Å². The van der Waals surface area contributed by atoms with Gasteiger partial charge in [-0.2, -0.15) is 0 Å². The van der Waals surface area contributed by atoms with Crippen LogP contribution in [0.1, 0.15) is 26.2 Å². The fourth-order valence-electron chi connectivity index (χ4n) is 1.41. The topological polar surface area (TPSA) is 84.5 Å². The summed E-state index contributed by atoms with van der Waals surface area (Å²) in [6.07, 6.45) is 1.29. The van der Waals surface area contributed by atoms with Gasteiger partial charge in [0.05, 0.1) is 0 Å². The molecule has 0 bridgehead atoms. The van der Waals surface area contributed by atoms with E-state index in [1.54, 1.807) is 6.92 Å².